The molecule has 1 N–H and O–H groups in total. The summed E-state index contributed by atoms with van der Waals surface area (Å²) in [5.74, 6) is 8.47. The Kier molecular flexibility index (Phi) is 1.27. The van der Waals surface area contributed by atoms with Crippen molar-refractivity contribution in [3.8, 4) is 0 Å². The summed E-state index contributed by atoms with van der Waals surface area (Å²) >= 11 is 0. The van der Waals surface area contributed by atoms with Crippen molar-refractivity contribution in [1.82, 2.24) is 14.6 Å². The van der Waals surface area contributed by atoms with Crippen LogP contribution in [0.25, 0.3) is 16.6 Å². The molecule has 4 nitrogen and oxygen atoms in total. The van der Waals surface area contributed by atoms with E-state index in [1.165, 1.54) is 5.39 Å². The molecule has 0 unspecified atom stereocenters. The van der Waals surface area contributed by atoms with Crippen LogP contribution in [0.15, 0.2) is 30.3 Å². The summed E-state index contributed by atoms with van der Waals surface area (Å²) in [6, 6.07) is 10.6. The van der Waals surface area contributed by atoms with E-state index in [9.17, 15) is 0 Å². The molecule has 2 aromatic heterocycles. The molecule has 6 saturated carbocycles. The Morgan fingerprint density at radius 3 is 2.57 bits per heavy atom. The van der Waals surface area contributed by atoms with Crippen molar-refractivity contribution in [3.63, 3.8) is 0 Å². The standard InChI is InChI=1S/C19H16N4/c1-7-6-10-20-18(8-4-2-3-5-9(8)23(10)22-7)21-19-15-12-11-13(15)17(19)14(11)16(12)19/h2-6,11-17H,1H3,(H,20,21). The van der Waals surface area contributed by atoms with E-state index in [1.807, 2.05) is 11.4 Å². The summed E-state index contributed by atoms with van der Waals surface area (Å²) < 4.78 is 1.98. The monoisotopic (exact) mass is 300 g/mol. The molecule has 112 valence electrons. The predicted octanol–water partition coefficient (Wildman–Crippen LogP) is 2.72. The van der Waals surface area contributed by atoms with Gasteiger partial charge in [-0.1, -0.05) is 12.1 Å². The Morgan fingerprint density at radius 2 is 1.78 bits per heavy atom. The Bertz CT molecular complexity index is 1030. The van der Waals surface area contributed by atoms with E-state index < -0.39 is 0 Å². The second-order valence-corrected chi connectivity index (χ2v) is 8.48. The van der Waals surface area contributed by atoms with Gasteiger partial charge in [-0.25, -0.2) is 9.50 Å². The van der Waals surface area contributed by atoms with Gasteiger partial charge in [-0.15, -0.1) is 0 Å². The Balaban J connectivity index is 1.36. The first-order chi connectivity index (χ1) is 11.3. The maximum absolute atomic E-state index is 4.95. The molecule has 23 heavy (non-hydrogen) atoms. The van der Waals surface area contributed by atoms with Gasteiger partial charge in [0.2, 0.25) is 0 Å². The minimum Gasteiger partial charge on any atom is -0.363 e. The molecule has 0 aliphatic heterocycles. The van der Waals surface area contributed by atoms with Gasteiger partial charge in [0, 0.05) is 17.0 Å². The highest BCUT2D eigenvalue weighted by Gasteiger charge is 3.04. The molecule has 0 atom stereocenters. The molecule has 6 aliphatic rings. The summed E-state index contributed by atoms with van der Waals surface area (Å²) in [5, 5.41) is 9.78. The van der Waals surface area contributed by atoms with Crippen LogP contribution in [0.4, 0.5) is 5.82 Å². The molecule has 4 heteroatoms. The van der Waals surface area contributed by atoms with Crippen LogP contribution in [-0.2, 0) is 0 Å². The van der Waals surface area contributed by atoms with Crippen LogP contribution in [0.3, 0.4) is 0 Å². The number of nitrogens with one attached hydrogen (secondary N) is 1. The molecule has 1 aromatic carbocycles. The molecule has 0 amide bonds. The fraction of sp³-hybridized carbons (Fsp3) is 0.474. The van der Waals surface area contributed by atoms with Crippen LogP contribution in [0.5, 0.6) is 0 Å². The third kappa shape index (κ3) is 0.755. The molecular weight excluding hydrogens is 284 g/mol. The number of fused-ring (bicyclic) bond motifs is 3. The number of para-hydroxylation sites is 1. The van der Waals surface area contributed by atoms with E-state index in [4.69, 9.17) is 4.98 Å². The van der Waals surface area contributed by atoms with Crippen molar-refractivity contribution < 1.29 is 0 Å². The molecule has 0 saturated heterocycles. The van der Waals surface area contributed by atoms with Crippen molar-refractivity contribution in [3.05, 3.63) is 36.0 Å². The fourth-order valence-corrected chi connectivity index (χ4v) is 7.76. The number of rotatable bonds is 2. The molecule has 9 rings (SSSR count). The topological polar surface area (TPSA) is 42.2 Å². The molecular formula is C19H16N4. The van der Waals surface area contributed by atoms with Crippen molar-refractivity contribution in [2.24, 2.45) is 41.4 Å². The van der Waals surface area contributed by atoms with E-state index in [-0.39, 0.29) is 0 Å². The van der Waals surface area contributed by atoms with E-state index in [0.29, 0.717) is 5.54 Å². The maximum atomic E-state index is 4.95. The Labute approximate surface area is 132 Å². The molecule has 2 heterocycles. The van der Waals surface area contributed by atoms with Gasteiger partial charge in [0.1, 0.15) is 5.82 Å². The smallest absolute Gasteiger partial charge is 0.158 e. The number of hydrogen-bond donors (Lipinski definition) is 1. The maximum Gasteiger partial charge on any atom is 0.158 e. The normalized spacial score (nSPS) is 48.8. The first-order valence-corrected chi connectivity index (χ1v) is 8.84. The Hall–Kier alpha value is -2.10. The van der Waals surface area contributed by atoms with E-state index in [1.54, 1.807) is 0 Å². The first-order valence-electron chi connectivity index (χ1n) is 8.84. The lowest BCUT2D eigenvalue weighted by Crippen LogP contribution is -3.10. The van der Waals surface area contributed by atoms with Crippen LogP contribution >= 0.6 is 0 Å². The summed E-state index contributed by atoms with van der Waals surface area (Å²) in [6.45, 7) is 2.04. The lowest BCUT2D eigenvalue weighted by molar-refractivity contribution is -0.565. The summed E-state index contributed by atoms with van der Waals surface area (Å²) in [5.41, 5.74) is 3.58. The second kappa shape index (κ2) is 2.74. The highest BCUT2D eigenvalue weighted by Crippen LogP contribution is 3.02. The highest BCUT2D eigenvalue weighted by molar-refractivity contribution is 5.92. The minimum atomic E-state index is 0.442. The van der Waals surface area contributed by atoms with E-state index in [2.05, 4.69) is 40.7 Å². The highest BCUT2D eigenvalue weighted by atomic mass is 15.3. The number of aromatic nitrogens is 3. The second-order valence-electron chi connectivity index (χ2n) is 8.48. The number of nitrogens with zero attached hydrogens (tertiary/aromatic N) is 3. The summed E-state index contributed by atoms with van der Waals surface area (Å²) in [7, 11) is 0. The van der Waals surface area contributed by atoms with Gasteiger partial charge in [0.05, 0.1) is 11.2 Å². The number of hydrogen-bond acceptors (Lipinski definition) is 3. The third-order valence-electron chi connectivity index (χ3n) is 8.24. The Morgan fingerprint density at radius 1 is 1.04 bits per heavy atom. The SMILES string of the molecule is Cc1cc2nc(NC34C5C6C7C5C3C7C64)c3ccccc3n2n1. The van der Waals surface area contributed by atoms with Crippen LogP contribution in [0, 0.1) is 48.3 Å². The zero-order chi connectivity index (χ0) is 14.7. The van der Waals surface area contributed by atoms with Crippen molar-refractivity contribution in [2.45, 2.75) is 12.5 Å². The van der Waals surface area contributed by atoms with Crippen LogP contribution in [0.1, 0.15) is 5.69 Å². The van der Waals surface area contributed by atoms with Crippen LogP contribution < -0.4 is 5.32 Å². The minimum absolute atomic E-state index is 0.442. The lowest BCUT2D eigenvalue weighted by atomic mass is 8.98. The average molecular weight is 300 g/mol. The molecule has 6 aliphatic carbocycles. The van der Waals surface area contributed by atoms with Gasteiger partial charge in [-0.3, -0.25) is 0 Å². The quantitative estimate of drug-likeness (QED) is 0.791. The van der Waals surface area contributed by atoms with Gasteiger partial charge in [-0.2, -0.15) is 5.10 Å². The van der Waals surface area contributed by atoms with Crippen LogP contribution in [-0.4, -0.2) is 20.1 Å². The van der Waals surface area contributed by atoms with Crippen molar-refractivity contribution in [2.75, 3.05) is 5.32 Å². The molecule has 0 radical (unpaired) electrons. The predicted molar refractivity (Wildman–Crippen MR) is 86.0 cm³/mol. The third-order valence-corrected chi connectivity index (χ3v) is 8.24. The molecule has 6 fully saturated rings. The van der Waals surface area contributed by atoms with Gasteiger partial charge >= 0.3 is 0 Å². The molecule has 0 spiro atoms. The number of anilines is 1. The van der Waals surface area contributed by atoms with Crippen molar-refractivity contribution in [1.29, 1.82) is 0 Å². The van der Waals surface area contributed by atoms with Gasteiger partial charge in [0.15, 0.2) is 5.65 Å². The number of aryl methyl sites for hydroxylation is 1. The van der Waals surface area contributed by atoms with Gasteiger partial charge in [0.25, 0.3) is 0 Å². The van der Waals surface area contributed by atoms with Crippen LogP contribution in [0.2, 0.25) is 0 Å². The van der Waals surface area contributed by atoms with E-state index in [0.717, 1.165) is 64.1 Å². The van der Waals surface area contributed by atoms with Gasteiger partial charge < -0.3 is 5.32 Å². The fourth-order valence-electron chi connectivity index (χ4n) is 7.76. The van der Waals surface area contributed by atoms with E-state index >= 15 is 0 Å². The summed E-state index contributed by atoms with van der Waals surface area (Å²) in [4.78, 5) is 4.95. The number of benzene rings is 1. The average Bonchev–Trinajstić information content (AvgIpc) is 2.96. The van der Waals surface area contributed by atoms with Crippen molar-refractivity contribution >= 4 is 22.4 Å². The summed E-state index contributed by atoms with van der Waals surface area (Å²) in [6.07, 6.45) is 0. The van der Waals surface area contributed by atoms with Gasteiger partial charge in [-0.05, 0) is 60.5 Å². The molecule has 0 bridgehead atoms. The largest absolute Gasteiger partial charge is 0.363 e. The lowest BCUT2D eigenvalue weighted by Gasteiger charge is -3.07. The molecule has 3 aromatic rings. The zero-order valence-electron chi connectivity index (χ0n) is 12.8. The zero-order valence-corrected chi connectivity index (χ0v) is 12.8. The first kappa shape index (κ1) is 10.6.